The number of rotatable bonds is 4. The van der Waals surface area contributed by atoms with Crippen LogP contribution < -0.4 is 5.32 Å². The van der Waals surface area contributed by atoms with Gasteiger partial charge < -0.3 is 5.32 Å². The van der Waals surface area contributed by atoms with E-state index in [-0.39, 0.29) is 0 Å². The fraction of sp³-hybridized carbons (Fsp3) is 1.00. The van der Waals surface area contributed by atoms with E-state index in [0.717, 1.165) is 35.8 Å². The summed E-state index contributed by atoms with van der Waals surface area (Å²) in [5.74, 6) is 3.57. The summed E-state index contributed by atoms with van der Waals surface area (Å²) >= 11 is 0. The second-order valence-corrected chi connectivity index (χ2v) is 7.57. The van der Waals surface area contributed by atoms with Crippen molar-refractivity contribution >= 4 is 0 Å². The van der Waals surface area contributed by atoms with Crippen LogP contribution in [-0.2, 0) is 0 Å². The molecule has 0 bridgehead atoms. The Morgan fingerprint density at radius 3 is 2.16 bits per heavy atom. The number of likely N-dealkylation sites (N-methyl/N-ethyl adjacent to an activating group) is 1. The predicted molar refractivity (Wildman–Crippen MR) is 83.3 cm³/mol. The van der Waals surface area contributed by atoms with E-state index in [2.05, 4.69) is 45.0 Å². The highest BCUT2D eigenvalue weighted by Gasteiger charge is 2.38. The lowest BCUT2D eigenvalue weighted by molar-refractivity contribution is 0.0996. The van der Waals surface area contributed by atoms with Gasteiger partial charge in [0, 0.05) is 18.6 Å². The Morgan fingerprint density at radius 2 is 1.63 bits per heavy atom. The van der Waals surface area contributed by atoms with Gasteiger partial charge in [-0.25, -0.2) is 0 Å². The largest absolute Gasteiger partial charge is 0.315 e. The van der Waals surface area contributed by atoms with E-state index in [0.29, 0.717) is 0 Å². The number of nitrogens with one attached hydrogen (secondary N) is 1. The van der Waals surface area contributed by atoms with Crippen molar-refractivity contribution in [2.24, 2.45) is 23.7 Å². The lowest BCUT2D eigenvalue weighted by Gasteiger charge is -2.42. The SMILES string of the molecule is CNC1CCC(C(C)C)CC1N1CCC(C(C)C)C1. The van der Waals surface area contributed by atoms with E-state index in [1.807, 2.05) is 0 Å². The molecule has 1 N–H and O–H groups in total. The summed E-state index contributed by atoms with van der Waals surface area (Å²) in [6.45, 7) is 12.3. The van der Waals surface area contributed by atoms with Crippen molar-refractivity contribution < 1.29 is 0 Å². The molecule has 1 saturated heterocycles. The molecule has 4 atom stereocenters. The number of nitrogens with zero attached hydrogens (tertiary/aromatic N) is 1. The molecular weight excluding hydrogens is 232 g/mol. The smallest absolute Gasteiger partial charge is 0.0252 e. The minimum absolute atomic E-state index is 0.723. The molecule has 2 nitrogen and oxygen atoms in total. The minimum Gasteiger partial charge on any atom is -0.315 e. The molecule has 1 aliphatic heterocycles. The molecule has 112 valence electrons. The third-order valence-electron chi connectivity index (χ3n) is 5.84. The van der Waals surface area contributed by atoms with E-state index in [4.69, 9.17) is 0 Å². The molecule has 2 fully saturated rings. The molecule has 0 aromatic carbocycles. The van der Waals surface area contributed by atoms with Gasteiger partial charge in [0.2, 0.25) is 0 Å². The van der Waals surface area contributed by atoms with Crippen molar-refractivity contribution in [3.05, 3.63) is 0 Å². The molecule has 19 heavy (non-hydrogen) atoms. The monoisotopic (exact) mass is 266 g/mol. The molecule has 4 unspecified atom stereocenters. The standard InChI is InChI=1S/C17H34N2/c1-12(2)14-6-7-16(18-5)17(10-14)19-9-8-15(11-19)13(3)4/h12-18H,6-11H2,1-5H3. The normalized spacial score (nSPS) is 37.4. The maximum Gasteiger partial charge on any atom is 0.0252 e. The van der Waals surface area contributed by atoms with Gasteiger partial charge >= 0.3 is 0 Å². The second-order valence-electron chi connectivity index (χ2n) is 7.57. The van der Waals surface area contributed by atoms with E-state index in [1.54, 1.807) is 0 Å². The van der Waals surface area contributed by atoms with Crippen LogP contribution in [0.25, 0.3) is 0 Å². The van der Waals surface area contributed by atoms with Crippen LogP contribution in [0.2, 0.25) is 0 Å². The molecule has 0 aromatic heterocycles. The molecular formula is C17H34N2. The Labute approximate surface area is 120 Å². The van der Waals surface area contributed by atoms with Crippen LogP contribution in [0.3, 0.4) is 0 Å². The first-order chi connectivity index (χ1) is 9.02. The molecule has 1 heterocycles. The number of hydrogen-bond donors (Lipinski definition) is 1. The summed E-state index contributed by atoms with van der Waals surface area (Å²) in [4.78, 5) is 2.81. The Hall–Kier alpha value is -0.0800. The number of hydrogen-bond acceptors (Lipinski definition) is 2. The van der Waals surface area contributed by atoms with Crippen LogP contribution in [0.5, 0.6) is 0 Å². The molecule has 0 radical (unpaired) electrons. The van der Waals surface area contributed by atoms with E-state index in [1.165, 1.54) is 38.8 Å². The zero-order chi connectivity index (χ0) is 14.0. The fourth-order valence-corrected chi connectivity index (χ4v) is 4.18. The lowest BCUT2D eigenvalue weighted by atomic mass is 9.76. The Bertz CT molecular complexity index is 274. The lowest BCUT2D eigenvalue weighted by Crippen LogP contribution is -2.52. The zero-order valence-corrected chi connectivity index (χ0v) is 13.7. The Morgan fingerprint density at radius 1 is 0.947 bits per heavy atom. The Kier molecular flexibility index (Phi) is 5.30. The summed E-state index contributed by atoms with van der Waals surface area (Å²) in [6.07, 6.45) is 5.61. The first-order valence-corrected chi connectivity index (χ1v) is 8.44. The molecule has 0 spiro atoms. The van der Waals surface area contributed by atoms with Crippen molar-refractivity contribution in [2.75, 3.05) is 20.1 Å². The number of likely N-dealkylation sites (tertiary alicyclic amines) is 1. The van der Waals surface area contributed by atoms with Gasteiger partial charge in [-0.05, 0) is 62.9 Å². The average Bonchev–Trinajstić information content (AvgIpc) is 2.87. The van der Waals surface area contributed by atoms with Crippen molar-refractivity contribution in [1.29, 1.82) is 0 Å². The quantitative estimate of drug-likeness (QED) is 0.839. The third kappa shape index (κ3) is 3.52. The van der Waals surface area contributed by atoms with Crippen molar-refractivity contribution in [3.63, 3.8) is 0 Å². The van der Waals surface area contributed by atoms with Crippen molar-refractivity contribution in [1.82, 2.24) is 10.2 Å². The van der Waals surface area contributed by atoms with Gasteiger partial charge in [-0.1, -0.05) is 27.7 Å². The van der Waals surface area contributed by atoms with Gasteiger partial charge in [-0.2, -0.15) is 0 Å². The predicted octanol–water partition coefficient (Wildman–Crippen LogP) is 3.38. The highest BCUT2D eigenvalue weighted by atomic mass is 15.2. The fourth-order valence-electron chi connectivity index (χ4n) is 4.18. The minimum atomic E-state index is 0.723. The second kappa shape index (κ2) is 6.58. The molecule has 2 rings (SSSR count). The summed E-state index contributed by atoms with van der Waals surface area (Å²) in [7, 11) is 2.16. The van der Waals surface area contributed by atoms with Crippen LogP contribution in [0, 0.1) is 23.7 Å². The summed E-state index contributed by atoms with van der Waals surface area (Å²) < 4.78 is 0. The molecule has 2 aliphatic rings. The van der Waals surface area contributed by atoms with Gasteiger partial charge in [0.15, 0.2) is 0 Å². The topological polar surface area (TPSA) is 15.3 Å². The molecule has 0 amide bonds. The van der Waals surface area contributed by atoms with Gasteiger partial charge in [-0.3, -0.25) is 4.90 Å². The maximum atomic E-state index is 3.59. The molecule has 0 aromatic rings. The van der Waals surface area contributed by atoms with Crippen LogP contribution in [-0.4, -0.2) is 37.1 Å². The maximum absolute atomic E-state index is 3.59. The first kappa shape index (κ1) is 15.3. The first-order valence-electron chi connectivity index (χ1n) is 8.44. The van der Waals surface area contributed by atoms with Gasteiger partial charge in [-0.15, -0.1) is 0 Å². The van der Waals surface area contributed by atoms with E-state index >= 15 is 0 Å². The summed E-state index contributed by atoms with van der Waals surface area (Å²) in [6, 6.07) is 1.51. The Balaban J connectivity index is 1.99. The summed E-state index contributed by atoms with van der Waals surface area (Å²) in [5, 5.41) is 3.59. The molecule has 1 saturated carbocycles. The van der Waals surface area contributed by atoms with E-state index in [9.17, 15) is 0 Å². The highest BCUT2D eigenvalue weighted by Crippen LogP contribution is 2.35. The van der Waals surface area contributed by atoms with Crippen LogP contribution >= 0.6 is 0 Å². The highest BCUT2D eigenvalue weighted by molar-refractivity contribution is 4.94. The van der Waals surface area contributed by atoms with Crippen LogP contribution in [0.15, 0.2) is 0 Å². The van der Waals surface area contributed by atoms with Crippen LogP contribution in [0.1, 0.15) is 53.4 Å². The van der Waals surface area contributed by atoms with Crippen molar-refractivity contribution in [3.8, 4) is 0 Å². The van der Waals surface area contributed by atoms with E-state index < -0.39 is 0 Å². The van der Waals surface area contributed by atoms with Crippen LogP contribution in [0.4, 0.5) is 0 Å². The van der Waals surface area contributed by atoms with Gasteiger partial charge in [0.25, 0.3) is 0 Å². The molecule has 1 aliphatic carbocycles. The van der Waals surface area contributed by atoms with Crippen molar-refractivity contribution in [2.45, 2.75) is 65.5 Å². The molecule has 2 heteroatoms. The summed E-state index contributed by atoms with van der Waals surface area (Å²) in [5.41, 5.74) is 0. The zero-order valence-electron chi connectivity index (χ0n) is 13.7. The van der Waals surface area contributed by atoms with Gasteiger partial charge in [0.1, 0.15) is 0 Å². The van der Waals surface area contributed by atoms with Gasteiger partial charge in [0.05, 0.1) is 0 Å². The third-order valence-corrected chi connectivity index (χ3v) is 5.84. The average molecular weight is 266 g/mol.